The first-order valence-electron chi connectivity index (χ1n) is 9.22. The van der Waals surface area contributed by atoms with Crippen LogP contribution in [-0.4, -0.2) is 62.5 Å². The van der Waals surface area contributed by atoms with Gasteiger partial charge >= 0.3 is 0 Å². The van der Waals surface area contributed by atoms with Gasteiger partial charge < -0.3 is 14.0 Å². The Hall–Kier alpha value is -2.60. The molecule has 3 aromatic rings. The number of hydrogen-bond donors (Lipinski definition) is 0. The van der Waals surface area contributed by atoms with Gasteiger partial charge in [0.25, 0.3) is 0 Å². The summed E-state index contributed by atoms with van der Waals surface area (Å²) >= 11 is 0. The number of aryl methyl sites for hydroxylation is 1. The van der Waals surface area contributed by atoms with Crippen LogP contribution in [-0.2, 0) is 17.9 Å². The zero-order valence-corrected chi connectivity index (χ0v) is 15.2. The molecular weight excluding hydrogens is 326 g/mol. The van der Waals surface area contributed by atoms with Gasteiger partial charge in [-0.1, -0.05) is 18.2 Å². The first-order valence-corrected chi connectivity index (χ1v) is 9.22. The molecule has 1 aromatic carbocycles. The van der Waals surface area contributed by atoms with Crippen LogP contribution in [0.1, 0.15) is 5.82 Å². The van der Waals surface area contributed by atoms with Crippen LogP contribution >= 0.6 is 0 Å². The molecule has 0 N–H and O–H groups in total. The number of aromatic nitrogens is 3. The number of carbonyl (C=O) groups is 1. The lowest BCUT2D eigenvalue weighted by Gasteiger charge is -2.35. The molecule has 4 rings (SSSR count). The third-order valence-electron chi connectivity index (χ3n) is 5.29. The fourth-order valence-electron chi connectivity index (χ4n) is 3.63. The van der Waals surface area contributed by atoms with Crippen molar-refractivity contribution in [1.29, 1.82) is 0 Å². The number of imidazole rings is 1. The highest BCUT2D eigenvalue weighted by atomic mass is 16.2. The molecule has 0 unspecified atom stereocenters. The van der Waals surface area contributed by atoms with Gasteiger partial charge in [-0.05, 0) is 24.4 Å². The molecule has 6 nitrogen and oxygen atoms in total. The Morgan fingerprint density at radius 3 is 2.58 bits per heavy atom. The number of fused-ring (bicyclic) bond motifs is 1. The Morgan fingerprint density at radius 1 is 1.00 bits per heavy atom. The van der Waals surface area contributed by atoms with E-state index in [0.717, 1.165) is 50.6 Å². The lowest BCUT2D eigenvalue weighted by molar-refractivity contribution is -0.133. The standard InChI is InChI=1S/C20H25N5O/c1-17-21-7-9-23(17)13-10-22-11-14-24(15-12-22)20(26)16-25-8-6-18-4-2-3-5-19(18)25/h2-9H,10-16H2,1H3. The van der Waals surface area contributed by atoms with Gasteiger partial charge in [0.1, 0.15) is 12.4 Å². The molecule has 2 aromatic heterocycles. The predicted octanol–water partition coefficient (Wildman–Crippen LogP) is 1.99. The van der Waals surface area contributed by atoms with Crippen molar-refractivity contribution in [1.82, 2.24) is 23.9 Å². The molecule has 0 saturated carbocycles. The zero-order chi connectivity index (χ0) is 17.9. The fourth-order valence-corrected chi connectivity index (χ4v) is 3.63. The van der Waals surface area contributed by atoms with E-state index in [0.29, 0.717) is 6.54 Å². The summed E-state index contributed by atoms with van der Waals surface area (Å²) in [5, 5.41) is 1.18. The highest BCUT2D eigenvalue weighted by Crippen LogP contribution is 2.15. The molecule has 1 aliphatic rings. The van der Waals surface area contributed by atoms with Crippen molar-refractivity contribution >= 4 is 16.8 Å². The average Bonchev–Trinajstić information content (AvgIpc) is 3.27. The number of benzene rings is 1. The molecule has 6 heteroatoms. The molecule has 1 aliphatic heterocycles. The lowest BCUT2D eigenvalue weighted by atomic mass is 10.2. The van der Waals surface area contributed by atoms with E-state index in [2.05, 4.69) is 32.7 Å². The van der Waals surface area contributed by atoms with Crippen molar-refractivity contribution in [2.45, 2.75) is 20.0 Å². The number of piperazine rings is 1. The Kier molecular flexibility index (Phi) is 4.75. The van der Waals surface area contributed by atoms with Crippen molar-refractivity contribution in [3.63, 3.8) is 0 Å². The van der Waals surface area contributed by atoms with Crippen LogP contribution in [0.25, 0.3) is 10.9 Å². The SMILES string of the molecule is Cc1nccn1CCN1CCN(C(=O)Cn2ccc3ccccc32)CC1. The van der Waals surface area contributed by atoms with Gasteiger partial charge in [-0.15, -0.1) is 0 Å². The van der Waals surface area contributed by atoms with Crippen LogP contribution in [0.2, 0.25) is 0 Å². The third-order valence-corrected chi connectivity index (χ3v) is 5.29. The lowest BCUT2D eigenvalue weighted by Crippen LogP contribution is -2.50. The smallest absolute Gasteiger partial charge is 0.242 e. The minimum Gasteiger partial charge on any atom is -0.339 e. The van der Waals surface area contributed by atoms with Gasteiger partial charge in [0, 0.05) is 63.4 Å². The van der Waals surface area contributed by atoms with E-state index in [-0.39, 0.29) is 5.91 Å². The molecule has 1 amide bonds. The van der Waals surface area contributed by atoms with Gasteiger partial charge in [0.05, 0.1) is 0 Å². The van der Waals surface area contributed by atoms with E-state index >= 15 is 0 Å². The molecule has 0 spiro atoms. The van der Waals surface area contributed by atoms with E-state index in [1.54, 1.807) is 0 Å². The molecule has 136 valence electrons. The van der Waals surface area contributed by atoms with Crippen LogP contribution in [0.5, 0.6) is 0 Å². The summed E-state index contributed by atoms with van der Waals surface area (Å²) in [4.78, 5) is 21.4. The van der Waals surface area contributed by atoms with Crippen molar-refractivity contribution in [2.75, 3.05) is 32.7 Å². The van der Waals surface area contributed by atoms with Gasteiger partial charge in [-0.2, -0.15) is 0 Å². The Bertz CT molecular complexity index is 888. The van der Waals surface area contributed by atoms with Crippen LogP contribution in [0, 0.1) is 6.92 Å². The van der Waals surface area contributed by atoms with E-state index in [4.69, 9.17) is 0 Å². The number of rotatable bonds is 5. The van der Waals surface area contributed by atoms with E-state index < -0.39 is 0 Å². The monoisotopic (exact) mass is 351 g/mol. The Labute approximate surface area is 153 Å². The Morgan fingerprint density at radius 2 is 1.81 bits per heavy atom. The molecule has 26 heavy (non-hydrogen) atoms. The zero-order valence-electron chi connectivity index (χ0n) is 15.2. The number of para-hydroxylation sites is 1. The number of carbonyl (C=O) groups excluding carboxylic acids is 1. The average molecular weight is 351 g/mol. The number of amides is 1. The molecule has 1 fully saturated rings. The molecule has 0 atom stereocenters. The number of nitrogens with zero attached hydrogens (tertiary/aromatic N) is 5. The fraction of sp³-hybridized carbons (Fsp3) is 0.400. The van der Waals surface area contributed by atoms with Gasteiger partial charge in [-0.25, -0.2) is 4.98 Å². The van der Waals surface area contributed by atoms with Crippen molar-refractivity contribution in [3.05, 3.63) is 54.7 Å². The van der Waals surface area contributed by atoms with E-state index in [9.17, 15) is 4.79 Å². The maximum atomic E-state index is 12.7. The summed E-state index contributed by atoms with van der Waals surface area (Å²) in [5.41, 5.74) is 1.12. The largest absolute Gasteiger partial charge is 0.339 e. The summed E-state index contributed by atoms with van der Waals surface area (Å²) in [5.74, 6) is 1.26. The second-order valence-electron chi connectivity index (χ2n) is 6.89. The highest BCUT2D eigenvalue weighted by Gasteiger charge is 2.21. The summed E-state index contributed by atoms with van der Waals surface area (Å²) in [7, 11) is 0. The molecule has 0 radical (unpaired) electrons. The molecular formula is C20H25N5O. The Balaban J connectivity index is 1.29. The quantitative estimate of drug-likeness (QED) is 0.706. The molecule has 3 heterocycles. The minimum atomic E-state index is 0.205. The number of hydrogen-bond acceptors (Lipinski definition) is 3. The van der Waals surface area contributed by atoms with E-state index in [1.165, 1.54) is 5.39 Å². The second kappa shape index (κ2) is 7.33. The summed E-state index contributed by atoms with van der Waals surface area (Å²) < 4.78 is 4.22. The van der Waals surface area contributed by atoms with Gasteiger partial charge in [-0.3, -0.25) is 9.69 Å². The van der Waals surface area contributed by atoms with Crippen LogP contribution in [0.3, 0.4) is 0 Å². The van der Waals surface area contributed by atoms with Crippen LogP contribution in [0.15, 0.2) is 48.9 Å². The van der Waals surface area contributed by atoms with E-state index in [1.807, 2.05) is 47.1 Å². The van der Waals surface area contributed by atoms with Gasteiger partial charge in [0.15, 0.2) is 0 Å². The van der Waals surface area contributed by atoms with Crippen molar-refractivity contribution in [2.24, 2.45) is 0 Å². The van der Waals surface area contributed by atoms with Crippen LogP contribution < -0.4 is 0 Å². The molecule has 0 bridgehead atoms. The maximum absolute atomic E-state index is 12.7. The molecule has 1 saturated heterocycles. The molecule has 0 aliphatic carbocycles. The third kappa shape index (κ3) is 3.51. The summed E-state index contributed by atoms with van der Waals surface area (Å²) in [6, 6.07) is 10.3. The second-order valence-corrected chi connectivity index (χ2v) is 6.89. The minimum absolute atomic E-state index is 0.205. The highest BCUT2D eigenvalue weighted by molar-refractivity contribution is 5.83. The first kappa shape index (κ1) is 16.8. The summed E-state index contributed by atoms with van der Waals surface area (Å²) in [6.07, 6.45) is 5.87. The summed E-state index contributed by atoms with van der Waals surface area (Å²) in [6.45, 7) is 7.89. The van der Waals surface area contributed by atoms with Crippen molar-refractivity contribution in [3.8, 4) is 0 Å². The van der Waals surface area contributed by atoms with Crippen molar-refractivity contribution < 1.29 is 4.79 Å². The topological polar surface area (TPSA) is 46.3 Å². The first-order chi connectivity index (χ1) is 12.7. The normalized spacial score (nSPS) is 15.7. The van der Waals surface area contributed by atoms with Crippen LogP contribution in [0.4, 0.5) is 0 Å². The van der Waals surface area contributed by atoms with Gasteiger partial charge in [0.2, 0.25) is 5.91 Å². The maximum Gasteiger partial charge on any atom is 0.242 e. The predicted molar refractivity (Wildman–Crippen MR) is 102 cm³/mol.